The Balaban J connectivity index is 1.83. The molecule has 1 heterocycles. The summed E-state index contributed by atoms with van der Waals surface area (Å²) in [4.78, 5) is 12.5. The highest BCUT2D eigenvalue weighted by molar-refractivity contribution is 6.30. The highest BCUT2D eigenvalue weighted by Crippen LogP contribution is 2.27. The molecule has 3 rings (SSSR count). The van der Waals surface area contributed by atoms with Crippen molar-refractivity contribution in [2.24, 2.45) is 0 Å². The van der Waals surface area contributed by atoms with Crippen LogP contribution in [0.15, 0.2) is 53.2 Å². The second kappa shape index (κ2) is 8.55. The van der Waals surface area contributed by atoms with E-state index in [0.717, 1.165) is 17.5 Å². The van der Waals surface area contributed by atoms with Gasteiger partial charge in [0, 0.05) is 22.0 Å². The number of hydrogen-bond donors (Lipinski definition) is 1. The zero-order valence-corrected chi connectivity index (χ0v) is 16.5. The molecule has 0 aliphatic rings. The van der Waals surface area contributed by atoms with Crippen LogP contribution in [0.1, 0.15) is 40.2 Å². The molecule has 0 saturated heterocycles. The molecular weight excluding hydrogens is 385 g/mol. The number of amides is 1. The molecule has 5 nitrogen and oxygen atoms in total. The fraction of sp³-hybridized carbons (Fsp3) is 0.250. The average molecular weight is 404 g/mol. The summed E-state index contributed by atoms with van der Waals surface area (Å²) in [6.45, 7) is 3.65. The molecule has 0 saturated carbocycles. The van der Waals surface area contributed by atoms with Gasteiger partial charge in [-0.05, 0) is 60.8 Å². The lowest BCUT2D eigenvalue weighted by atomic mass is 9.86. The molecule has 0 fully saturated rings. The van der Waals surface area contributed by atoms with Crippen molar-refractivity contribution < 1.29 is 9.42 Å². The number of aromatic nitrogens is 2. The smallest absolute Gasteiger partial charge is 0.275 e. The third-order valence-corrected chi connectivity index (χ3v) is 5.00. The Morgan fingerprint density at radius 1 is 1.04 bits per heavy atom. The average Bonchev–Trinajstić information content (AvgIpc) is 3.08. The molecule has 0 radical (unpaired) electrons. The number of hydrogen-bond acceptors (Lipinski definition) is 4. The van der Waals surface area contributed by atoms with Crippen LogP contribution in [0.2, 0.25) is 10.0 Å². The lowest BCUT2D eigenvalue weighted by Crippen LogP contribution is -2.38. The van der Waals surface area contributed by atoms with E-state index < -0.39 is 0 Å². The zero-order chi connectivity index (χ0) is 19.4. The van der Waals surface area contributed by atoms with Crippen LogP contribution in [-0.4, -0.2) is 22.3 Å². The van der Waals surface area contributed by atoms with Gasteiger partial charge in [0.1, 0.15) is 5.69 Å². The molecule has 1 aromatic heterocycles. The minimum absolute atomic E-state index is 0.0348. The molecule has 0 bridgehead atoms. The number of halogens is 2. The van der Waals surface area contributed by atoms with E-state index >= 15 is 0 Å². The van der Waals surface area contributed by atoms with Crippen LogP contribution in [0.25, 0.3) is 0 Å². The van der Waals surface area contributed by atoms with Crippen LogP contribution in [-0.2, 0) is 6.42 Å². The van der Waals surface area contributed by atoms with Gasteiger partial charge in [0.2, 0.25) is 0 Å². The van der Waals surface area contributed by atoms with Gasteiger partial charge in [0.05, 0.1) is 0 Å². The number of nitrogens with one attached hydrogen (secondary N) is 1. The third-order valence-electron chi connectivity index (χ3n) is 4.50. The summed E-state index contributed by atoms with van der Waals surface area (Å²) < 4.78 is 4.63. The molecule has 3 aromatic rings. The van der Waals surface area contributed by atoms with Crippen LogP contribution in [0.4, 0.5) is 0 Å². The molecule has 2 atom stereocenters. The first-order valence-corrected chi connectivity index (χ1v) is 9.29. The van der Waals surface area contributed by atoms with Crippen molar-refractivity contribution in [3.05, 3.63) is 81.1 Å². The van der Waals surface area contributed by atoms with E-state index in [-0.39, 0.29) is 23.6 Å². The fourth-order valence-electron chi connectivity index (χ4n) is 2.98. The van der Waals surface area contributed by atoms with E-state index in [0.29, 0.717) is 15.7 Å². The van der Waals surface area contributed by atoms with Gasteiger partial charge in [-0.3, -0.25) is 4.79 Å². The first-order valence-electron chi connectivity index (χ1n) is 8.54. The predicted octanol–water partition coefficient (Wildman–Crippen LogP) is 4.83. The van der Waals surface area contributed by atoms with Crippen molar-refractivity contribution in [2.75, 3.05) is 0 Å². The normalized spacial score (nSPS) is 13.2. The molecule has 2 unspecified atom stereocenters. The van der Waals surface area contributed by atoms with Crippen molar-refractivity contribution in [3.8, 4) is 0 Å². The molecule has 0 spiro atoms. The number of benzene rings is 2. The Labute approximate surface area is 167 Å². The number of nitrogens with zero attached hydrogens (tertiary/aromatic N) is 2. The molecule has 140 valence electrons. The van der Waals surface area contributed by atoms with Crippen LogP contribution in [0.3, 0.4) is 0 Å². The second-order valence-electron chi connectivity index (χ2n) is 6.45. The Bertz CT molecular complexity index is 908. The maximum atomic E-state index is 12.5. The van der Waals surface area contributed by atoms with Crippen LogP contribution < -0.4 is 5.32 Å². The monoisotopic (exact) mass is 403 g/mol. The fourth-order valence-corrected chi connectivity index (χ4v) is 3.23. The summed E-state index contributed by atoms with van der Waals surface area (Å²) in [7, 11) is 0. The second-order valence-corrected chi connectivity index (χ2v) is 7.32. The lowest BCUT2D eigenvalue weighted by molar-refractivity contribution is 0.0924. The van der Waals surface area contributed by atoms with Gasteiger partial charge in [-0.2, -0.15) is 0 Å². The third kappa shape index (κ3) is 4.87. The number of rotatable bonds is 6. The minimum Gasteiger partial charge on any atom is -0.347 e. The minimum atomic E-state index is -0.309. The van der Waals surface area contributed by atoms with E-state index in [1.165, 1.54) is 0 Å². The van der Waals surface area contributed by atoms with E-state index in [1.54, 1.807) is 6.92 Å². The molecule has 1 N–H and O–H groups in total. The highest BCUT2D eigenvalue weighted by atomic mass is 35.5. The lowest BCUT2D eigenvalue weighted by Gasteiger charge is -2.25. The molecule has 2 aromatic carbocycles. The van der Waals surface area contributed by atoms with Crippen molar-refractivity contribution >= 4 is 29.1 Å². The largest absolute Gasteiger partial charge is 0.347 e. The summed E-state index contributed by atoms with van der Waals surface area (Å²) in [5.41, 5.74) is 2.86. The van der Waals surface area contributed by atoms with E-state index in [9.17, 15) is 4.79 Å². The highest BCUT2D eigenvalue weighted by Gasteiger charge is 2.24. The summed E-state index contributed by atoms with van der Waals surface area (Å²) in [5.74, 6) is -0.274. The molecule has 27 heavy (non-hydrogen) atoms. The van der Waals surface area contributed by atoms with Crippen molar-refractivity contribution in [1.82, 2.24) is 15.6 Å². The molecule has 7 heteroatoms. The topological polar surface area (TPSA) is 68.0 Å². The van der Waals surface area contributed by atoms with Crippen LogP contribution in [0.5, 0.6) is 0 Å². The molecule has 0 aliphatic carbocycles. The molecule has 1 amide bonds. The number of carbonyl (C=O) groups excluding carboxylic acids is 1. The molecule has 0 aliphatic heterocycles. The Hall–Kier alpha value is -2.37. The van der Waals surface area contributed by atoms with Gasteiger partial charge in [-0.25, -0.2) is 4.63 Å². The summed E-state index contributed by atoms with van der Waals surface area (Å²) in [6.07, 6.45) is 0.732. The zero-order valence-electron chi connectivity index (χ0n) is 14.9. The Morgan fingerprint density at radius 3 is 2.19 bits per heavy atom. The quantitative estimate of drug-likeness (QED) is 0.639. The van der Waals surface area contributed by atoms with Crippen molar-refractivity contribution in [3.63, 3.8) is 0 Å². The van der Waals surface area contributed by atoms with Gasteiger partial charge in [0.15, 0.2) is 5.69 Å². The predicted molar refractivity (Wildman–Crippen MR) is 105 cm³/mol. The summed E-state index contributed by atoms with van der Waals surface area (Å²) >= 11 is 12.0. The van der Waals surface area contributed by atoms with Crippen LogP contribution >= 0.6 is 23.2 Å². The van der Waals surface area contributed by atoms with Gasteiger partial charge in [-0.1, -0.05) is 52.6 Å². The van der Waals surface area contributed by atoms with Gasteiger partial charge in [0.25, 0.3) is 5.91 Å². The number of aryl methyl sites for hydroxylation is 1. The van der Waals surface area contributed by atoms with Crippen molar-refractivity contribution in [2.45, 2.75) is 32.2 Å². The first-order chi connectivity index (χ1) is 12.9. The SMILES string of the molecule is Cc1nonc1C(=O)NC(C)C(Cc1ccc(Cl)cc1)c1ccc(Cl)cc1. The van der Waals surface area contributed by atoms with Gasteiger partial charge >= 0.3 is 0 Å². The van der Waals surface area contributed by atoms with E-state index in [1.807, 2.05) is 55.5 Å². The number of carbonyl (C=O) groups is 1. The Kier molecular flexibility index (Phi) is 6.14. The maximum Gasteiger partial charge on any atom is 0.275 e. The van der Waals surface area contributed by atoms with Gasteiger partial charge in [-0.15, -0.1) is 0 Å². The maximum absolute atomic E-state index is 12.5. The van der Waals surface area contributed by atoms with E-state index in [4.69, 9.17) is 23.2 Å². The first kappa shape index (κ1) is 19.4. The summed E-state index contributed by atoms with van der Waals surface area (Å²) in [5, 5.41) is 11.7. The van der Waals surface area contributed by atoms with E-state index in [2.05, 4.69) is 20.3 Å². The Morgan fingerprint density at radius 2 is 1.63 bits per heavy atom. The standard InChI is InChI=1S/C20H19Cl2N3O2/c1-12(23-20(26)19-13(2)24-27-25-19)18(15-5-9-17(22)10-6-15)11-14-3-7-16(21)8-4-14/h3-10,12,18H,11H2,1-2H3,(H,23,26). The van der Waals surface area contributed by atoms with Crippen molar-refractivity contribution in [1.29, 1.82) is 0 Å². The van der Waals surface area contributed by atoms with Crippen LogP contribution in [0, 0.1) is 6.92 Å². The summed E-state index contributed by atoms with van der Waals surface area (Å²) in [6, 6.07) is 15.2. The van der Waals surface area contributed by atoms with Gasteiger partial charge < -0.3 is 5.32 Å². The molecular formula is C20H19Cl2N3O2.